The van der Waals surface area contributed by atoms with Gasteiger partial charge in [-0.15, -0.1) is 0 Å². The van der Waals surface area contributed by atoms with Crippen LogP contribution in [-0.4, -0.2) is 64.1 Å². The van der Waals surface area contributed by atoms with Gasteiger partial charge in [0.05, 0.1) is 30.4 Å². The zero-order valence-electron chi connectivity index (χ0n) is 16.2. The summed E-state index contributed by atoms with van der Waals surface area (Å²) >= 11 is 0. The number of hydrogen-bond acceptors (Lipinski definition) is 4. The van der Waals surface area contributed by atoms with Crippen LogP contribution in [0.5, 0.6) is 0 Å². The molecule has 0 aliphatic carbocycles. The normalized spacial score (nSPS) is 20.9. The Labute approximate surface area is 155 Å². The van der Waals surface area contributed by atoms with Gasteiger partial charge in [-0.3, -0.25) is 14.3 Å². The Balaban J connectivity index is 1.56. The van der Waals surface area contributed by atoms with Crippen LogP contribution in [-0.2, 0) is 29.1 Å². The highest BCUT2D eigenvalue weighted by Gasteiger charge is 2.30. The first-order valence-corrected chi connectivity index (χ1v) is 9.74. The van der Waals surface area contributed by atoms with E-state index in [-0.39, 0.29) is 23.8 Å². The highest BCUT2D eigenvalue weighted by atomic mass is 16.2. The molecular weight excluding hydrogens is 330 g/mol. The van der Waals surface area contributed by atoms with Crippen molar-refractivity contribution >= 4 is 11.8 Å². The number of carbonyl (C=O) groups is 2. The van der Waals surface area contributed by atoms with Crippen molar-refractivity contribution < 1.29 is 9.59 Å². The number of nitrogens with one attached hydrogen (secondary N) is 1. The summed E-state index contributed by atoms with van der Waals surface area (Å²) in [6.07, 6.45) is 3.18. The second kappa shape index (κ2) is 8.20. The molecule has 0 saturated carbocycles. The number of aromatic nitrogens is 2. The van der Waals surface area contributed by atoms with Crippen LogP contribution < -0.4 is 5.32 Å². The first-order chi connectivity index (χ1) is 12.4. The highest BCUT2D eigenvalue weighted by molar-refractivity contribution is 5.79. The quantitative estimate of drug-likeness (QED) is 0.850. The van der Waals surface area contributed by atoms with Gasteiger partial charge in [0.25, 0.3) is 0 Å². The summed E-state index contributed by atoms with van der Waals surface area (Å²) in [5, 5.41) is 7.52. The first kappa shape index (κ1) is 18.9. The van der Waals surface area contributed by atoms with Crippen molar-refractivity contribution in [2.45, 2.75) is 58.7 Å². The van der Waals surface area contributed by atoms with E-state index in [1.807, 2.05) is 23.4 Å². The minimum Gasteiger partial charge on any atom is -0.354 e. The van der Waals surface area contributed by atoms with Crippen LogP contribution >= 0.6 is 0 Å². The number of hydrogen-bond donors (Lipinski definition) is 1. The number of piperidine rings is 1. The Hall–Kier alpha value is -1.89. The number of rotatable bonds is 5. The monoisotopic (exact) mass is 361 g/mol. The lowest BCUT2D eigenvalue weighted by atomic mass is 9.96. The molecular formula is C19H31N5O2. The van der Waals surface area contributed by atoms with Crippen LogP contribution in [0, 0.1) is 5.92 Å². The highest BCUT2D eigenvalue weighted by Crippen LogP contribution is 2.21. The minimum absolute atomic E-state index is 0.0594. The third-order valence-electron chi connectivity index (χ3n) is 5.19. The molecule has 2 aliphatic heterocycles. The second-order valence-corrected chi connectivity index (χ2v) is 7.93. The van der Waals surface area contributed by atoms with Crippen LogP contribution in [0.25, 0.3) is 0 Å². The summed E-state index contributed by atoms with van der Waals surface area (Å²) in [4.78, 5) is 28.9. The largest absolute Gasteiger partial charge is 0.354 e. The van der Waals surface area contributed by atoms with Gasteiger partial charge >= 0.3 is 0 Å². The molecule has 0 aromatic carbocycles. The third-order valence-corrected chi connectivity index (χ3v) is 5.19. The van der Waals surface area contributed by atoms with Gasteiger partial charge in [0.1, 0.15) is 0 Å². The van der Waals surface area contributed by atoms with Crippen molar-refractivity contribution in [2.75, 3.05) is 26.7 Å². The van der Waals surface area contributed by atoms with E-state index in [9.17, 15) is 9.59 Å². The van der Waals surface area contributed by atoms with Crippen molar-refractivity contribution in [3.63, 3.8) is 0 Å². The Morgan fingerprint density at radius 2 is 2.12 bits per heavy atom. The molecule has 2 aliphatic rings. The molecule has 3 rings (SSSR count). The van der Waals surface area contributed by atoms with Gasteiger partial charge in [0.15, 0.2) is 0 Å². The van der Waals surface area contributed by atoms with E-state index in [1.165, 1.54) is 0 Å². The second-order valence-electron chi connectivity index (χ2n) is 7.93. The Kier molecular flexibility index (Phi) is 5.96. The van der Waals surface area contributed by atoms with Crippen LogP contribution in [0.15, 0.2) is 6.07 Å². The molecule has 7 nitrogen and oxygen atoms in total. The molecule has 1 fully saturated rings. The van der Waals surface area contributed by atoms with Gasteiger partial charge < -0.3 is 15.1 Å². The zero-order chi connectivity index (χ0) is 18.7. The molecule has 1 aromatic heterocycles. The maximum Gasteiger partial charge on any atom is 0.227 e. The average molecular weight is 361 g/mol. The molecule has 144 valence electrons. The first-order valence-electron chi connectivity index (χ1n) is 9.74. The molecule has 1 atom stereocenters. The van der Waals surface area contributed by atoms with E-state index in [1.54, 1.807) is 0 Å². The van der Waals surface area contributed by atoms with E-state index in [0.717, 1.165) is 50.4 Å². The Morgan fingerprint density at radius 3 is 2.85 bits per heavy atom. The van der Waals surface area contributed by atoms with Crippen molar-refractivity contribution in [1.82, 2.24) is 24.9 Å². The number of carbonyl (C=O) groups excluding carboxylic acids is 2. The summed E-state index contributed by atoms with van der Waals surface area (Å²) in [7, 11) is 2.09. The average Bonchev–Trinajstić information content (AvgIpc) is 3.01. The summed E-state index contributed by atoms with van der Waals surface area (Å²) < 4.78 is 1.99. The predicted octanol–water partition coefficient (Wildman–Crippen LogP) is 1.02. The summed E-state index contributed by atoms with van der Waals surface area (Å²) in [5.74, 6) is 0.466. The van der Waals surface area contributed by atoms with Crippen LogP contribution in [0.2, 0.25) is 0 Å². The maximum absolute atomic E-state index is 12.8. The van der Waals surface area contributed by atoms with Crippen LogP contribution in [0.4, 0.5) is 0 Å². The van der Waals surface area contributed by atoms with Gasteiger partial charge in [-0.25, -0.2) is 0 Å². The fraction of sp³-hybridized carbons (Fsp3) is 0.737. The Bertz CT molecular complexity index is 654. The van der Waals surface area contributed by atoms with E-state index in [2.05, 4.69) is 28.4 Å². The molecule has 26 heavy (non-hydrogen) atoms. The smallest absolute Gasteiger partial charge is 0.227 e. The standard InChI is InChI=1S/C19H31N5O2/c1-14(2)20-18(25)7-6-16-11-17-13-23(9-10-24(17)21-16)19(26)15-5-4-8-22(3)12-15/h11,14-15H,4-10,12-13H2,1-3H3,(H,20,25)/t15-/m1/s1. The molecule has 3 heterocycles. The van der Waals surface area contributed by atoms with Gasteiger partial charge in [-0.2, -0.15) is 5.10 Å². The van der Waals surface area contributed by atoms with Gasteiger partial charge in [0, 0.05) is 32.0 Å². The van der Waals surface area contributed by atoms with Crippen molar-refractivity contribution in [3.8, 4) is 0 Å². The number of nitrogens with zero attached hydrogens (tertiary/aromatic N) is 4. The Morgan fingerprint density at radius 1 is 1.31 bits per heavy atom. The third kappa shape index (κ3) is 4.63. The molecule has 0 bridgehead atoms. The predicted molar refractivity (Wildman–Crippen MR) is 99.5 cm³/mol. The van der Waals surface area contributed by atoms with Crippen LogP contribution in [0.3, 0.4) is 0 Å². The summed E-state index contributed by atoms with van der Waals surface area (Å²) in [5.41, 5.74) is 2.01. The molecule has 0 spiro atoms. The molecule has 0 unspecified atom stereocenters. The molecule has 2 amide bonds. The van der Waals surface area contributed by atoms with Crippen molar-refractivity contribution in [2.24, 2.45) is 5.92 Å². The number of fused-ring (bicyclic) bond motifs is 1. The SMILES string of the molecule is CC(C)NC(=O)CCc1cc2n(n1)CCN(C(=O)[C@@H]1CCCN(C)C1)C2. The van der Waals surface area contributed by atoms with Crippen molar-refractivity contribution in [1.29, 1.82) is 0 Å². The molecule has 0 radical (unpaired) electrons. The fourth-order valence-electron chi connectivity index (χ4n) is 3.90. The molecule has 1 saturated heterocycles. The molecule has 1 N–H and O–H groups in total. The summed E-state index contributed by atoms with van der Waals surface area (Å²) in [6, 6.07) is 2.21. The molecule has 7 heteroatoms. The topological polar surface area (TPSA) is 70.5 Å². The van der Waals surface area contributed by atoms with E-state index in [0.29, 0.717) is 19.4 Å². The van der Waals surface area contributed by atoms with Crippen molar-refractivity contribution in [3.05, 3.63) is 17.5 Å². The lowest BCUT2D eigenvalue weighted by molar-refractivity contribution is -0.138. The van der Waals surface area contributed by atoms with Crippen LogP contribution in [0.1, 0.15) is 44.5 Å². The molecule has 1 aromatic rings. The number of likely N-dealkylation sites (tertiary alicyclic amines) is 1. The minimum atomic E-state index is 0.0594. The maximum atomic E-state index is 12.8. The van der Waals surface area contributed by atoms with Gasteiger partial charge in [-0.1, -0.05) is 0 Å². The van der Waals surface area contributed by atoms with E-state index >= 15 is 0 Å². The lowest BCUT2D eigenvalue weighted by Crippen LogP contribution is -2.46. The zero-order valence-corrected chi connectivity index (χ0v) is 16.2. The fourth-order valence-corrected chi connectivity index (χ4v) is 3.90. The van der Waals surface area contributed by atoms with E-state index < -0.39 is 0 Å². The number of amides is 2. The van der Waals surface area contributed by atoms with Gasteiger partial charge in [0.2, 0.25) is 11.8 Å². The number of aryl methyl sites for hydroxylation is 1. The lowest BCUT2D eigenvalue weighted by Gasteiger charge is -2.34. The van der Waals surface area contributed by atoms with Gasteiger partial charge in [-0.05, 0) is 46.3 Å². The van der Waals surface area contributed by atoms with E-state index in [4.69, 9.17) is 0 Å². The summed E-state index contributed by atoms with van der Waals surface area (Å²) in [6.45, 7) is 7.97.